The molecule has 8 heteroatoms. The van der Waals surface area contributed by atoms with Crippen LogP contribution in [-0.4, -0.2) is 42.1 Å². The number of anilines is 1. The molecule has 2 heterocycles. The average Bonchev–Trinajstić information content (AvgIpc) is 3.00. The summed E-state index contributed by atoms with van der Waals surface area (Å²) in [5.41, 5.74) is -0.304. The lowest BCUT2D eigenvalue weighted by Gasteiger charge is -2.25. The maximum Gasteiger partial charge on any atom is 0.275 e. The van der Waals surface area contributed by atoms with Crippen LogP contribution in [0.25, 0.3) is 0 Å². The van der Waals surface area contributed by atoms with Crippen LogP contribution in [0.2, 0.25) is 0 Å². The topological polar surface area (TPSA) is 54.5 Å². The number of hydrogen-bond donors (Lipinski definition) is 1. The Balaban J connectivity index is 1.66. The van der Waals surface area contributed by atoms with Gasteiger partial charge in [0.25, 0.3) is 5.91 Å². The van der Waals surface area contributed by atoms with E-state index in [1.54, 1.807) is 5.38 Å². The van der Waals surface area contributed by atoms with Crippen molar-refractivity contribution in [2.45, 2.75) is 6.54 Å². The molecule has 0 unspecified atom stereocenters. The molecule has 0 bridgehead atoms. The van der Waals surface area contributed by atoms with Crippen LogP contribution in [-0.2, 0) is 11.3 Å². The minimum absolute atomic E-state index is 0.154. The molecule has 0 aliphatic carbocycles. The maximum absolute atomic E-state index is 13.5. The van der Waals surface area contributed by atoms with E-state index in [0.29, 0.717) is 19.8 Å². The highest BCUT2D eigenvalue weighted by atomic mass is 32.1. The Hall–Kier alpha value is -1.90. The molecule has 0 spiro atoms. The van der Waals surface area contributed by atoms with Crippen LogP contribution in [0.1, 0.15) is 15.5 Å². The molecule has 0 radical (unpaired) electrons. The number of amides is 1. The number of hydrogen-bond acceptors (Lipinski definition) is 5. The van der Waals surface area contributed by atoms with Crippen molar-refractivity contribution in [1.82, 2.24) is 9.88 Å². The van der Waals surface area contributed by atoms with Gasteiger partial charge >= 0.3 is 0 Å². The summed E-state index contributed by atoms with van der Waals surface area (Å²) in [6.07, 6.45) is 0. The number of halogens is 2. The number of morpholine rings is 1. The van der Waals surface area contributed by atoms with E-state index < -0.39 is 23.2 Å². The van der Waals surface area contributed by atoms with Crippen molar-refractivity contribution in [1.29, 1.82) is 0 Å². The highest BCUT2D eigenvalue weighted by molar-refractivity contribution is 7.09. The van der Waals surface area contributed by atoms with Gasteiger partial charge in [0.15, 0.2) is 0 Å². The van der Waals surface area contributed by atoms with E-state index in [0.717, 1.165) is 30.2 Å². The summed E-state index contributed by atoms with van der Waals surface area (Å²) in [7, 11) is 0. The Morgan fingerprint density at radius 2 is 2.00 bits per heavy atom. The highest BCUT2D eigenvalue weighted by Crippen LogP contribution is 2.20. The summed E-state index contributed by atoms with van der Waals surface area (Å²) < 4.78 is 32.4. The van der Waals surface area contributed by atoms with Crippen molar-refractivity contribution in [3.05, 3.63) is 45.9 Å². The van der Waals surface area contributed by atoms with Gasteiger partial charge in [-0.25, -0.2) is 13.8 Å². The van der Waals surface area contributed by atoms with E-state index in [1.165, 1.54) is 17.4 Å². The lowest BCUT2D eigenvalue weighted by molar-refractivity contribution is 0.0341. The Bertz CT molecular complexity index is 682. The average molecular weight is 339 g/mol. The predicted octanol–water partition coefficient (Wildman–Crippen LogP) is 2.51. The minimum atomic E-state index is -0.817. The standard InChI is InChI=1S/C15H15F2N3O2S/c16-10-2-1-3-11(17)14(10)19-15(21)12-9-23-13(18-12)8-20-4-6-22-7-5-20/h1-3,9H,4-8H2,(H,19,21). The summed E-state index contributed by atoms with van der Waals surface area (Å²) in [6.45, 7) is 3.65. The molecule has 5 nitrogen and oxygen atoms in total. The largest absolute Gasteiger partial charge is 0.379 e. The molecular weight excluding hydrogens is 324 g/mol. The van der Waals surface area contributed by atoms with Crippen molar-refractivity contribution in [2.24, 2.45) is 0 Å². The normalized spacial score (nSPS) is 15.6. The monoisotopic (exact) mass is 339 g/mol. The number of aromatic nitrogens is 1. The molecule has 3 rings (SSSR count). The first kappa shape index (κ1) is 16.0. The molecule has 1 fully saturated rings. The zero-order chi connectivity index (χ0) is 16.2. The molecular formula is C15H15F2N3O2S. The molecule has 0 atom stereocenters. The van der Waals surface area contributed by atoms with Gasteiger partial charge in [-0.2, -0.15) is 0 Å². The molecule has 1 amide bonds. The van der Waals surface area contributed by atoms with Gasteiger partial charge in [-0.1, -0.05) is 6.07 Å². The zero-order valence-corrected chi connectivity index (χ0v) is 13.0. The van der Waals surface area contributed by atoms with Gasteiger partial charge in [-0.15, -0.1) is 11.3 Å². The van der Waals surface area contributed by atoms with E-state index >= 15 is 0 Å². The third-order valence-electron chi connectivity index (χ3n) is 3.45. The van der Waals surface area contributed by atoms with Gasteiger partial charge in [0, 0.05) is 18.5 Å². The molecule has 2 aromatic rings. The minimum Gasteiger partial charge on any atom is -0.379 e. The SMILES string of the molecule is O=C(Nc1c(F)cccc1F)c1csc(CN2CCOCC2)n1. The number of nitrogens with one attached hydrogen (secondary N) is 1. The third-order valence-corrected chi connectivity index (χ3v) is 4.28. The van der Waals surface area contributed by atoms with E-state index in [1.807, 2.05) is 0 Å². The number of carbonyl (C=O) groups excluding carboxylic acids is 1. The number of benzene rings is 1. The molecule has 1 N–H and O–H groups in total. The van der Waals surface area contributed by atoms with E-state index in [4.69, 9.17) is 4.74 Å². The Labute approximate surface area is 135 Å². The fourth-order valence-electron chi connectivity index (χ4n) is 2.23. The highest BCUT2D eigenvalue weighted by Gasteiger charge is 2.17. The van der Waals surface area contributed by atoms with Gasteiger partial charge < -0.3 is 10.1 Å². The smallest absolute Gasteiger partial charge is 0.275 e. The summed E-state index contributed by atoms with van der Waals surface area (Å²) in [5, 5.41) is 4.60. The second kappa shape index (κ2) is 7.12. The van der Waals surface area contributed by atoms with Crippen LogP contribution in [0.4, 0.5) is 14.5 Å². The van der Waals surface area contributed by atoms with Crippen molar-refractivity contribution < 1.29 is 18.3 Å². The van der Waals surface area contributed by atoms with Gasteiger partial charge in [0.2, 0.25) is 0 Å². The lowest BCUT2D eigenvalue weighted by Crippen LogP contribution is -2.35. The number of thiazole rings is 1. The fraction of sp³-hybridized carbons (Fsp3) is 0.333. The van der Waals surface area contributed by atoms with Gasteiger partial charge in [0.1, 0.15) is 28.0 Å². The Morgan fingerprint density at radius 1 is 1.30 bits per heavy atom. The first-order valence-corrected chi connectivity index (χ1v) is 8.01. The molecule has 0 saturated carbocycles. The van der Waals surface area contributed by atoms with E-state index in [9.17, 15) is 13.6 Å². The summed E-state index contributed by atoms with van der Waals surface area (Å²) in [5.74, 6) is -2.26. The van der Waals surface area contributed by atoms with Crippen molar-refractivity contribution in [2.75, 3.05) is 31.6 Å². The maximum atomic E-state index is 13.5. The van der Waals surface area contributed by atoms with E-state index in [2.05, 4.69) is 15.2 Å². The van der Waals surface area contributed by atoms with Crippen LogP contribution in [0.15, 0.2) is 23.6 Å². The third kappa shape index (κ3) is 3.90. The van der Waals surface area contributed by atoms with Crippen LogP contribution < -0.4 is 5.32 Å². The Morgan fingerprint density at radius 3 is 2.70 bits per heavy atom. The Kier molecular flexibility index (Phi) is 4.94. The lowest BCUT2D eigenvalue weighted by atomic mass is 10.3. The molecule has 122 valence electrons. The summed E-state index contributed by atoms with van der Waals surface area (Å²) >= 11 is 1.35. The van der Waals surface area contributed by atoms with E-state index in [-0.39, 0.29) is 5.69 Å². The van der Waals surface area contributed by atoms with Gasteiger partial charge in [-0.05, 0) is 12.1 Å². The quantitative estimate of drug-likeness (QED) is 0.930. The molecule has 23 heavy (non-hydrogen) atoms. The first-order chi connectivity index (χ1) is 11.1. The number of ether oxygens (including phenoxy) is 1. The first-order valence-electron chi connectivity index (χ1n) is 7.13. The number of nitrogens with zero attached hydrogens (tertiary/aromatic N) is 2. The second-order valence-corrected chi connectivity index (χ2v) is 6.01. The number of carbonyl (C=O) groups is 1. The van der Waals surface area contributed by atoms with Gasteiger partial charge in [-0.3, -0.25) is 9.69 Å². The van der Waals surface area contributed by atoms with Gasteiger partial charge in [0.05, 0.1) is 19.8 Å². The number of rotatable bonds is 4. The van der Waals surface area contributed by atoms with Crippen molar-refractivity contribution in [3.63, 3.8) is 0 Å². The molecule has 1 aromatic carbocycles. The van der Waals surface area contributed by atoms with Crippen LogP contribution in [0, 0.1) is 11.6 Å². The second-order valence-electron chi connectivity index (χ2n) is 5.07. The zero-order valence-electron chi connectivity index (χ0n) is 12.2. The molecule has 1 aromatic heterocycles. The molecule has 1 aliphatic heterocycles. The van der Waals surface area contributed by atoms with Crippen molar-refractivity contribution in [3.8, 4) is 0 Å². The summed E-state index contributed by atoms with van der Waals surface area (Å²) in [4.78, 5) is 18.5. The van der Waals surface area contributed by atoms with Crippen molar-refractivity contribution >= 4 is 22.9 Å². The summed E-state index contributed by atoms with van der Waals surface area (Å²) in [6, 6.07) is 3.41. The van der Waals surface area contributed by atoms with Crippen LogP contribution in [0.5, 0.6) is 0 Å². The van der Waals surface area contributed by atoms with Crippen LogP contribution in [0.3, 0.4) is 0 Å². The van der Waals surface area contributed by atoms with Crippen LogP contribution >= 0.6 is 11.3 Å². The molecule has 1 saturated heterocycles. The fourth-order valence-corrected chi connectivity index (χ4v) is 3.05. The predicted molar refractivity (Wildman–Crippen MR) is 82.5 cm³/mol. The number of para-hydroxylation sites is 1. The molecule has 1 aliphatic rings.